The van der Waals surface area contributed by atoms with E-state index in [2.05, 4.69) is 10.3 Å². The number of rotatable bonds is 3. The van der Waals surface area contributed by atoms with E-state index in [9.17, 15) is 14.7 Å². The second-order valence-electron chi connectivity index (χ2n) is 4.62. The number of anilines is 1. The molecule has 0 bridgehead atoms. The zero-order valence-electron chi connectivity index (χ0n) is 11.6. The fraction of sp³-hybridized carbons (Fsp3) is 0. The largest absolute Gasteiger partial charge is 0.478 e. The number of fused-ring (bicyclic) bond motifs is 1. The van der Waals surface area contributed by atoms with Crippen molar-refractivity contribution in [2.24, 2.45) is 0 Å². The predicted octanol–water partition coefficient (Wildman–Crippen LogP) is 2.65. The second kappa shape index (κ2) is 5.61. The van der Waals surface area contributed by atoms with E-state index in [0.29, 0.717) is 11.1 Å². The number of benzene rings is 2. The van der Waals surface area contributed by atoms with Gasteiger partial charge in [-0.15, -0.1) is 0 Å². The fourth-order valence-corrected chi connectivity index (χ4v) is 2.04. The van der Waals surface area contributed by atoms with Crippen LogP contribution in [0.4, 0.5) is 5.69 Å². The zero-order valence-corrected chi connectivity index (χ0v) is 11.6. The third-order valence-corrected chi connectivity index (χ3v) is 3.12. The lowest BCUT2D eigenvalue weighted by Gasteiger charge is -2.06. The van der Waals surface area contributed by atoms with Gasteiger partial charge in [-0.05, 0) is 30.3 Å². The highest BCUT2D eigenvalue weighted by Gasteiger charge is 2.18. The number of carbonyl (C=O) groups excluding carboxylic acids is 1. The van der Waals surface area contributed by atoms with Gasteiger partial charge in [0.2, 0.25) is 0 Å². The van der Waals surface area contributed by atoms with E-state index in [4.69, 9.17) is 9.68 Å². The molecule has 0 aliphatic carbocycles. The molecule has 3 rings (SSSR count). The van der Waals surface area contributed by atoms with Crippen LogP contribution in [0, 0.1) is 11.3 Å². The van der Waals surface area contributed by atoms with Crippen molar-refractivity contribution in [2.75, 3.05) is 5.32 Å². The number of para-hydroxylation sites is 2. The molecule has 1 aromatic heterocycles. The van der Waals surface area contributed by atoms with Gasteiger partial charge in [0.1, 0.15) is 5.52 Å². The van der Waals surface area contributed by atoms with Crippen LogP contribution in [0.3, 0.4) is 0 Å². The van der Waals surface area contributed by atoms with E-state index in [0.717, 1.165) is 0 Å². The number of aromatic carboxylic acids is 1. The summed E-state index contributed by atoms with van der Waals surface area (Å²) in [4.78, 5) is 27.5. The summed E-state index contributed by atoms with van der Waals surface area (Å²) in [6.45, 7) is 0. The Morgan fingerprint density at radius 3 is 2.70 bits per heavy atom. The summed E-state index contributed by atoms with van der Waals surface area (Å²) in [7, 11) is 0. The highest BCUT2D eigenvalue weighted by Crippen LogP contribution is 2.20. The molecule has 0 aliphatic heterocycles. The monoisotopic (exact) mass is 307 g/mol. The van der Waals surface area contributed by atoms with E-state index in [1.165, 1.54) is 18.2 Å². The molecule has 1 amide bonds. The Labute approximate surface area is 129 Å². The molecule has 0 saturated carbocycles. The number of nitrogens with one attached hydrogen (secondary N) is 1. The molecule has 0 fully saturated rings. The van der Waals surface area contributed by atoms with Gasteiger partial charge in [0.15, 0.2) is 5.58 Å². The van der Waals surface area contributed by atoms with Crippen LogP contribution in [0.1, 0.15) is 26.6 Å². The zero-order chi connectivity index (χ0) is 16.4. The minimum absolute atomic E-state index is 0.0590. The van der Waals surface area contributed by atoms with Crippen molar-refractivity contribution in [2.45, 2.75) is 0 Å². The molecule has 1 heterocycles. The Balaban J connectivity index is 1.93. The Morgan fingerprint density at radius 1 is 1.22 bits per heavy atom. The predicted molar refractivity (Wildman–Crippen MR) is 80.1 cm³/mol. The standard InChI is InChI=1S/C16H9N3O4/c17-8-9-5-6-11(10(7-9)16(21)22)18-14(20)15-19-12-3-1-2-4-13(12)23-15/h1-7H,(H,18,20)(H,21,22). The van der Waals surface area contributed by atoms with E-state index < -0.39 is 11.9 Å². The van der Waals surface area contributed by atoms with Gasteiger partial charge in [-0.25, -0.2) is 9.78 Å². The molecule has 7 nitrogen and oxygen atoms in total. The van der Waals surface area contributed by atoms with Crippen LogP contribution < -0.4 is 5.32 Å². The number of carboxylic acids is 1. The van der Waals surface area contributed by atoms with Gasteiger partial charge in [-0.1, -0.05) is 12.1 Å². The van der Waals surface area contributed by atoms with Gasteiger partial charge >= 0.3 is 11.9 Å². The summed E-state index contributed by atoms with van der Waals surface area (Å²) in [6, 6.07) is 12.7. The molecule has 2 N–H and O–H groups in total. The summed E-state index contributed by atoms with van der Waals surface area (Å²) in [5, 5.41) is 20.4. The van der Waals surface area contributed by atoms with Crippen molar-refractivity contribution >= 4 is 28.7 Å². The first-order valence-electron chi connectivity index (χ1n) is 6.53. The summed E-state index contributed by atoms with van der Waals surface area (Å²) in [5.74, 6) is -2.10. The van der Waals surface area contributed by atoms with E-state index >= 15 is 0 Å². The first-order chi connectivity index (χ1) is 11.1. The first-order valence-corrected chi connectivity index (χ1v) is 6.53. The lowest BCUT2D eigenvalue weighted by atomic mass is 10.1. The van der Waals surface area contributed by atoms with Gasteiger partial charge in [0.25, 0.3) is 5.89 Å². The molecule has 0 radical (unpaired) electrons. The smallest absolute Gasteiger partial charge is 0.337 e. The molecular formula is C16H9N3O4. The van der Waals surface area contributed by atoms with Gasteiger partial charge in [-0.2, -0.15) is 5.26 Å². The molecule has 0 spiro atoms. The van der Waals surface area contributed by atoms with Crippen LogP contribution in [-0.4, -0.2) is 22.0 Å². The lowest BCUT2D eigenvalue weighted by Crippen LogP contribution is -2.15. The summed E-state index contributed by atoms with van der Waals surface area (Å²) >= 11 is 0. The Morgan fingerprint density at radius 2 is 2.00 bits per heavy atom. The van der Waals surface area contributed by atoms with Crippen LogP contribution in [0.2, 0.25) is 0 Å². The Bertz CT molecular complexity index is 936. The molecular weight excluding hydrogens is 298 g/mol. The number of carboxylic acid groups (broad SMARTS) is 1. The normalized spacial score (nSPS) is 10.2. The van der Waals surface area contributed by atoms with Crippen LogP contribution in [0.5, 0.6) is 0 Å². The van der Waals surface area contributed by atoms with E-state index in [1.54, 1.807) is 24.3 Å². The minimum Gasteiger partial charge on any atom is -0.478 e. The van der Waals surface area contributed by atoms with Crippen molar-refractivity contribution in [1.82, 2.24) is 4.98 Å². The number of nitrogens with zero attached hydrogens (tertiary/aromatic N) is 2. The quantitative estimate of drug-likeness (QED) is 0.768. The molecule has 0 saturated heterocycles. The van der Waals surface area contributed by atoms with Crippen molar-refractivity contribution in [3.05, 3.63) is 59.5 Å². The molecule has 7 heteroatoms. The minimum atomic E-state index is -1.25. The number of aromatic nitrogens is 1. The van der Waals surface area contributed by atoms with Gasteiger partial charge in [0.05, 0.1) is 22.9 Å². The summed E-state index contributed by atoms with van der Waals surface area (Å²) in [5.41, 5.74) is 1.03. The van der Waals surface area contributed by atoms with Crippen LogP contribution in [0.15, 0.2) is 46.9 Å². The van der Waals surface area contributed by atoms with Gasteiger partial charge in [0, 0.05) is 0 Å². The lowest BCUT2D eigenvalue weighted by molar-refractivity contribution is 0.0698. The van der Waals surface area contributed by atoms with E-state index in [1.807, 2.05) is 6.07 Å². The Hall–Kier alpha value is -3.66. The van der Waals surface area contributed by atoms with Crippen LogP contribution >= 0.6 is 0 Å². The Kier molecular flexibility index (Phi) is 3.49. The maximum absolute atomic E-state index is 12.2. The summed E-state index contributed by atoms with van der Waals surface area (Å²) in [6.07, 6.45) is 0. The van der Waals surface area contributed by atoms with Crippen molar-refractivity contribution in [3.63, 3.8) is 0 Å². The average Bonchev–Trinajstić information content (AvgIpc) is 2.99. The number of oxazole rings is 1. The highest BCUT2D eigenvalue weighted by atomic mass is 16.4. The maximum atomic E-state index is 12.2. The molecule has 0 unspecified atom stereocenters. The topological polar surface area (TPSA) is 116 Å². The highest BCUT2D eigenvalue weighted by molar-refractivity contribution is 6.06. The van der Waals surface area contributed by atoms with Crippen molar-refractivity contribution < 1.29 is 19.1 Å². The summed E-state index contributed by atoms with van der Waals surface area (Å²) < 4.78 is 5.32. The molecule has 2 aromatic carbocycles. The molecule has 112 valence electrons. The van der Waals surface area contributed by atoms with Crippen molar-refractivity contribution in [3.8, 4) is 6.07 Å². The number of nitriles is 1. The van der Waals surface area contributed by atoms with Gasteiger partial charge < -0.3 is 14.8 Å². The average molecular weight is 307 g/mol. The third-order valence-electron chi connectivity index (χ3n) is 3.12. The van der Waals surface area contributed by atoms with Crippen LogP contribution in [-0.2, 0) is 0 Å². The number of hydrogen-bond acceptors (Lipinski definition) is 5. The molecule has 0 aliphatic rings. The third kappa shape index (κ3) is 2.73. The molecule has 0 atom stereocenters. The SMILES string of the molecule is N#Cc1ccc(NC(=O)c2nc3ccccc3o2)c(C(=O)O)c1. The number of hydrogen-bond donors (Lipinski definition) is 2. The van der Waals surface area contributed by atoms with Crippen molar-refractivity contribution in [1.29, 1.82) is 5.26 Å². The second-order valence-corrected chi connectivity index (χ2v) is 4.62. The molecule has 23 heavy (non-hydrogen) atoms. The first kappa shape index (κ1) is 14.3. The number of carbonyl (C=O) groups is 2. The van der Waals surface area contributed by atoms with Gasteiger partial charge in [-0.3, -0.25) is 4.79 Å². The van der Waals surface area contributed by atoms with E-state index in [-0.39, 0.29) is 22.7 Å². The maximum Gasteiger partial charge on any atom is 0.337 e. The number of amides is 1. The molecule has 3 aromatic rings. The fourth-order valence-electron chi connectivity index (χ4n) is 2.04. The van der Waals surface area contributed by atoms with Crippen LogP contribution in [0.25, 0.3) is 11.1 Å².